The molecule has 1 N–H and O–H groups in total. The number of amides is 2. The minimum Gasteiger partial charge on any atom is -0.481 e. The van der Waals surface area contributed by atoms with Gasteiger partial charge in [-0.3, -0.25) is 10.2 Å². The Labute approximate surface area is 186 Å². The molecule has 2 amide bonds. The molecule has 0 radical (unpaired) electrons. The summed E-state index contributed by atoms with van der Waals surface area (Å²) in [6.07, 6.45) is 3.23. The molecule has 9 heteroatoms. The third-order valence-electron chi connectivity index (χ3n) is 5.87. The fourth-order valence-corrected chi connectivity index (χ4v) is 4.31. The number of anilines is 4. The van der Waals surface area contributed by atoms with Crippen LogP contribution < -0.4 is 24.8 Å². The maximum atomic E-state index is 13.4. The molecule has 0 aliphatic carbocycles. The summed E-state index contributed by atoms with van der Waals surface area (Å²) in [6.45, 7) is 0.903. The van der Waals surface area contributed by atoms with Crippen LogP contribution in [-0.2, 0) is 0 Å². The van der Waals surface area contributed by atoms with E-state index in [1.807, 2.05) is 32.3 Å². The number of nitrogens with zero attached hydrogens (tertiary/aromatic N) is 6. The number of carbonyl (C=O) groups excluding carboxylic acids is 1. The molecule has 1 fully saturated rings. The van der Waals surface area contributed by atoms with Gasteiger partial charge in [0.2, 0.25) is 5.88 Å². The van der Waals surface area contributed by atoms with Gasteiger partial charge in [0.15, 0.2) is 5.82 Å². The average molecular weight is 432 g/mol. The van der Waals surface area contributed by atoms with Crippen molar-refractivity contribution in [2.75, 3.05) is 47.8 Å². The molecule has 9 nitrogen and oxygen atoms in total. The summed E-state index contributed by atoms with van der Waals surface area (Å²) in [5, 5.41) is 2.88. The number of nitrogens with one attached hydrogen (secondary N) is 1. The van der Waals surface area contributed by atoms with Gasteiger partial charge in [0.05, 0.1) is 18.5 Å². The minimum absolute atomic E-state index is 0.0513. The lowest BCUT2D eigenvalue weighted by Gasteiger charge is -2.25. The van der Waals surface area contributed by atoms with Gasteiger partial charge < -0.3 is 14.5 Å². The average Bonchev–Trinajstić information content (AvgIpc) is 3.39. The van der Waals surface area contributed by atoms with Crippen LogP contribution in [0.1, 0.15) is 12.8 Å². The quantitative estimate of drug-likeness (QED) is 0.675. The van der Waals surface area contributed by atoms with E-state index in [0.29, 0.717) is 17.5 Å². The number of hydrogen-bond donors (Lipinski definition) is 1. The standard InChI is InChI=1S/C23H25N7O2/c1-28(2)16-7-4-6-15(12-16)17-9-10-18-22(26-17)30(21-8-5-11-29(18)21)23(31)27-19-13-20(32-3)25-14-24-19/h4,6-7,9-10,12-14,21H,5,8,11H2,1-3H3,(H,24,25,27,31). The van der Waals surface area contributed by atoms with Gasteiger partial charge in [0.25, 0.3) is 0 Å². The first-order valence-corrected chi connectivity index (χ1v) is 10.6. The van der Waals surface area contributed by atoms with Crippen LogP contribution >= 0.6 is 0 Å². The maximum absolute atomic E-state index is 13.4. The van der Waals surface area contributed by atoms with Crippen molar-refractivity contribution >= 4 is 29.0 Å². The third-order valence-corrected chi connectivity index (χ3v) is 5.87. The Hall–Kier alpha value is -3.88. The highest BCUT2D eigenvalue weighted by molar-refractivity contribution is 6.05. The predicted molar refractivity (Wildman–Crippen MR) is 124 cm³/mol. The van der Waals surface area contributed by atoms with Crippen molar-refractivity contribution in [2.24, 2.45) is 0 Å². The summed E-state index contributed by atoms with van der Waals surface area (Å²) >= 11 is 0. The van der Waals surface area contributed by atoms with Crippen molar-refractivity contribution in [1.29, 1.82) is 0 Å². The lowest BCUT2D eigenvalue weighted by molar-refractivity contribution is 0.255. The summed E-state index contributed by atoms with van der Waals surface area (Å²) in [6, 6.07) is 13.6. The summed E-state index contributed by atoms with van der Waals surface area (Å²) in [5.74, 6) is 1.44. The van der Waals surface area contributed by atoms with E-state index in [1.165, 1.54) is 13.4 Å². The zero-order chi connectivity index (χ0) is 22.2. The van der Waals surface area contributed by atoms with Crippen LogP contribution in [0, 0.1) is 0 Å². The first-order chi connectivity index (χ1) is 15.5. The molecule has 4 heterocycles. The Morgan fingerprint density at radius 1 is 1.19 bits per heavy atom. The molecule has 0 bridgehead atoms. The van der Waals surface area contributed by atoms with Gasteiger partial charge in [-0.05, 0) is 37.1 Å². The van der Waals surface area contributed by atoms with Crippen LogP contribution in [0.4, 0.5) is 27.8 Å². The molecule has 0 saturated carbocycles. The number of fused-ring (bicyclic) bond motifs is 3. The van der Waals surface area contributed by atoms with E-state index in [1.54, 1.807) is 11.0 Å². The number of carbonyl (C=O) groups is 1. The Bertz CT molecular complexity index is 1170. The molecular weight excluding hydrogens is 406 g/mol. The SMILES string of the molecule is COc1cc(NC(=O)N2c3nc(-c4cccc(N(C)C)c4)ccc3N3CCCC32)ncn1. The highest BCUT2D eigenvalue weighted by atomic mass is 16.5. The number of ether oxygens (including phenoxy) is 1. The summed E-state index contributed by atoms with van der Waals surface area (Å²) < 4.78 is 5.14. The van der Waals surface area contributed by atoms with Crippen molar-refractivity contribution in [2.45, 2.75) is 19.0 Å². The van der Waals surface area contributed by atoms with E-state index in [2.05, 4.69) is 43.3 Å². The van der Waals surface area contributed by atoms with Gasteiger partial charge in [-0.1, -0.05) is 12.1 Å². The number of pyridine rings is 1. The van der Waals surface area contributed by atoms with E-state index in [9.17, 15) is 4.79 Å². The second-order valence-corrected chi connectivity index (χ2v) is 8.05. The lowest BCUT2D eigenvalue weighted by atomic mass is 10.1. The van der Waals surface area contributed by atoms with Gasteiger partial charge in [-0.15, -0.1) is 0 Å². The van der Waals surface area contributed by atoms with E-state index in [4.69, 9.17) is 9.72 Å². The molecular formula is C23H25N7O2. The summed E-state index contributed by atoms with van der Waals surface area (Å²) in [4.78, 5) is 32.5. The molecule has 1 atom stereocenters. The molecule has 0 spiro atoms. The van der Waals surface area contributed by atoms with Gasteiger partial charge in [0, 0.05) is 38.0 Å². The minimum atomic E-state index is -0.270. The van der Waals surface area contributed by atoms with Crippen molar-refractivity contribution in [1.82, 2.24) is 15.0 Å². The van der Waals surface area contributed by atoms with Crippen molar-refractivity contribution in [3.05, 3.63) is 48.8 Å². The second kappa shape index (κ2) is 7.99. The molecule has 2 aliphatic heterocycles. The molecule has 3 aromatic rings. The smallest absolute Gasteiger partial charge is 0.330 e. The van der Waals surface area contributed by atoms with Gasteiger partial charge in [-0.2, -0.15) is 0 Å². The van der Waals surface area contributed by atoms with Crippen LogP contribution in [0.15, 0.2) is 48.8 Å². The fraction of sp³-hybridized carbons (Fsp3) is 0.304. The number of aromatic nitrogens is 3. The zero-order valence-electron chi connectivity index (χ0n) is 18.3. The lowest BCUT2D eigenvalue weighted by Crippen LogP contribution is -2.45. The van der Waals surface area contributed by atoms with Crippen molar-refractivity contribution < 1.29 is 9.53 Å². The van der Waals surface area contributed by atoms with Gasteiger partial charge >= 0.3 is 6.03 Å². The number of rotatable bonds is 4. The van der Waals surface area contributed by atoms with Crippen molar-refractivity contribution in [3.8, 4) is 17.1 Å². The number of hydrogen-bond acceptors (Lipinski definition) is 7. The van der Waals surface area contributed by atoms with Gasteiger partial charge in [-0.25, -0.2) is 19.7 Å². The first kappa shape index (κ1) is 20.0. The Morgan fingerprint density at radius 3 is 2.88 bits per heavy atom. The maximum Gasteiger partial charge on any atom is 0.330 e. The van der Waals surface area contributed by atoms with Crippen LogP contribution in [0.3, 0.4) is 0 Å². The third kappa shape index (κ3) is 3.45. The number of urea groups is 1. The first-order valence-electron chi connectivity index (χ1n) is 10.6. The zero-order valence-corrected chi connectivity index (χ0v) is 18.3. The monoisotopic (exact) mass is 431 g/mol. The fourth-order valence-electron chi connectivity index (χ4n) is 4.31. The van der Waals surface area contributed by atoms with E-state index in [-0.39, 0.29) is 12.2 Å². The van der Waals surface area contributed by atoms with E-state index < -0.39 is 0 Å². The molecule has 5 rings (SSSR count). The number of methoxy groups -OCH3 is 1. The summed E-state index contributed by atoms with van der Waals surface area (Å²) in [5.41, 5.74) is 3.91. The van der Waals surface area contributed by atoms with Crippen molar-refractivity contribution in [3.63, 3.8) is 0 Å². The largest absolute Gasteiger partial charge is 0.481 e. The van der Waals surface area contributed by atoms with E-state index >= 15 is 0 Å². The molecule has 2 aromatic heterocycles. The number of benzene rings is 1. The predicted octanol–water partition coefficient (Wildman–Crippen LogP) is 3.59. The molecule has 164 valence electrons. The van der Waals surface area contributed by atoms with E-state index in [0.717, 1.165) is 42.0 Å². The van der Waals surface area contributed by atoms with Crippen LogP contribution in [0.2, 0.25) is 0 Å². The molecule has 1 aromatic carbocycles. The molecule has 2 aliphatic rings. The summed E-state index contributed by atoms with van der Waals surface area (Å²) in [7, 11) is 5.55. The topological polar surface area (TPSA) is 86.7 Å². The highest BCUT2D eigenvalue weighted by Gasteiger charge is 2.43. The Kier molecular flexibility index (Phi) is 5.01. The molecule has 1 unspecified atom stereocenters. The van der Waals surface area contributed by atoms with Crippen LogP contribution in [0.5, 0.6) is 5.88 Å². The normalized spacial score (nSPS) is 16.5. The Balaban J connectivity index is 1.50. The molecule has 1 saturated heterocycles. The highest BCUT2D eigenvalue weighted by Crippen LogP contribution is 2.44. The second-order valence-electron chi connectivity index (χ2n) is 8.05. The van der Waals surface area contributed by atoms with Gasteiger partial charge in [0.1, 0.15) is 18.3 Å². The van der Waals surface area contributed by atoms with Crippen LogP contribution in [-0.4, -0.2) is 54.9 Å². The molecule has 32 heavy (non-hydrogen) atoms. The Morgan fingerprint density at radius 2 is 2.06 bits per heavy atom. The van der Waals surface area contributed by atoms with Crippen LogP contribution in [0.25, 0.3) is 11.3 Å².